The van der Waals surface area contributed by atoms with Gasteiger partial charge in [0.25, 0.3) is 0 Å². The highest BCUT2D eigenvalue weighted by molar-refractivity contribution is 5.01. The van der Waals surface area contributed by atoms with Gasteiger partial charge in [-0.1, -0.05) is 12.8 Å². The molecular weight excluding hydrogens is 324 g/mol. The van der Waals surface area contributed by atoms with Crippen molar-refractivity contribution in [3.8, 4) is 0 Å². The highest BCUT2D eigenvalue weighted by Crippen LogP contribution is 2.48. The Morgan fingerprint density at radius 1 is 0.760 bits per heavy atom. The largest absolute Gasteiger partial charge is 0.376 e. The second-order valence-corrected chi connectivity index (χ2v) is 8.28. The molecule has 142 valence electrons. The Bertz CT molecular complexity index is 484. The van der Waals surface area contributed by atoms with Crippen LogP contribution in [0.5, 0.6) is 0 Å². The van der Waals surface area contributed by atoms with E-state index in [0.717, 1.165) is 38.5 Å². The number of ether oxygens (including phenoxy) is 6. The van der Waals surface area contributed by atoms with Crippen molar-refractivity contribution in [3.63, 3.8) is 0 Å². The fourth-order valence-electron chi connectivity index (χ4n) is 5.34. The lowest BCUT2D eigenvalue weighted by Gasteiger charge is -2.35. The molecule has 0 amide bonds. The van der Waals surface area contributed by atoms with Crippen LogP contribution >= 0.6 is 0 Å². The third-order valence-electron chi connectivity index (χ3n) is 6.64. The molecule has 6 nitrogen and oxygen atoms in total. The molecular formula is C19H30O6. The lowest BCUT2D eigenvalue weighted by Crippen LogP contribution is -2.45. The quantitative estimate of drug-likeness (QED) is 0.760. The molecule has 0 radical (unpaired) electrons. The molecule has 2 saturated carbocycles. The van der Waals surface area contributed by atoms with Gasteiger partial charge in [-0.3, -0.25) is 0 Å². The highest BCUT2D eigenvalue weighted by Gasteiger charge is 2.61. The predicted molar refractivity (Wildman–Crippen MR) is 87.9 cm³/mol. The van der Waals surface area contributed by atoms with Crippen molar-refractivity contribution in [3.05, 3.63) is 0 Å². The van der Waals surface area contributed by atoms with E-state index in [1.54, 1.807) is 7.11 Å². The Labute approximate surface area is 149 Å². The van der Waals surface area contributed by atoms with Gasteiger partial charge in [0.2, 0.25) is 0 Å². The molecule has 3 saturated heterocycles. The van der Waals surface area contributed by atoms with E-state index in [1.165, 1.54) is 25.7 Å². The Morgan fingerprint density at radius 3 is 2.12 bits per heavy atom. The third kappa shape index (κ3) is 2.86. The van der Waals surface area contributed by atoms with Crippen LogP contribution in [0.2, 0.25) is 0 Å². The van der Waals surface area contributed by atoms with E-state index in [0.29, 0.717) is 6.61 Å². The van der Waals surface area contributed by atoms with Crippen molar-refractivity contribution >= 4 is 0 Å². The van der Waals surface area contributed by atoms with Gasteiger partial charge in [-0.2, -0.15) is 0 Å². The summed E-state index contributed by atoms with van der Waals surface area (Å²) in [6.45, 7) is 0.565. The number of hydrogen-bond acceptors (Lipinski definition) is 6. The van der Waals surface area contributed by atoms with E-state index < -0.39 is 11.6 Å². The lowest BCUT2D eigenvalue weighted by atomic mass is 9.94. The Kier molecular flexibility index (Phi) is 4.34. The van der Waals surface area contributed by atoms with Crippen molar-refractivity contribution < 1.29 is 28.4 Å². The minimum atomic E-state index is -0.451. The average molecular weight is 354 g/mol. The molecule has 0 bridgehead atoms. The average Bonchev–Trinajstić information content (AvgIpc) is 3.27. The van der Waals surface area contributed by atoms with Gasteiger partial charge >= 0.3 is 0 Å². The van der Waals surface area contributed by atoms with Crippen LogP contribution in [0.3, 0.4) is 0 Å². The molecule has 25 heavy (non-hydrogen) atoms. The van der Waals surface area contributed by atoms with Crippen LogP contribution in [-0.2, 0) is 28.4 Å². The number of rotatable bonds is 2. The first-order chi connectivity index (χ1) is 12.2. The molecule has 6 heteroatoms. The van der Waals surface area contributed by atoms with Crippen LogP contribution in [0, 0.1) is 0 Å². The number of fused-ring (bicyclic) bond motifs is 1. The first-order valence-corrected chi connectivity index (χ1v) is 10.1. The van der Waals surface area contributed by atoms with Crippen LogP contribution in [0.4, 0.5) is 0 Å². The van der Waals surface area contributed by atoms with Crippen molar-refractivity contribution in [2.24, 2.45) is 0 Å². The molecule has 5 atom stereocenters. The van der Waals surface area contributed by atoms with Gasteiger partial charge < -0.3 is 28.4 Å². The molecule has 0 aromatic carbocycles. The third-order valence-corrected chi connectivity index (χ3v) is 6.64. The number of hydrogen-bond donors (Lipinski definition) is 0. The van der Waals surface area contributed by atoms with Gasteiger partial charge in [-0.15, -0.1) is 0 Å². The van der Waals surface area contributed by atoms with Gasteiger partial charge in [0.15, 0.2) is 17.9 Å². The van der Waals surface area contributed by atoms with Gasteiger partial charge in [-0.05, 0) is 25.7 Å². The van der Waals surface area contributed by atoms with E-state index in [1.807, 2.05) is 0 Å². The molecule has 2 aliphatic carbocycles. The summed E-state index contributed by atoms with van der Waals surface area (Å²) in [6, 6.07) is 0. The zero-order chi connectivity index (χ0) is 16.9. The van der Waals surface area contributed by atoms with E-state index in [-0.39, 0.29) is 30.7 Å². The fraction of sp³-hybridized carbons (Fsp3) is 1.00. The molecule has 0 aromatic heterocycles. The second-order valence-electron chi connectivity index (χ2n) is 8.28. The number of methoxy groups -OCH3 is 1. The van der Waals surface area contributed by atoms with Crippen LogP contribution in [0.15, 0.2) is 0 Å². The summed E-state index contributed by atoms with van der Waals surface area (Å²) < 4.78 is 37.1. The van der Waals surface area contributed by atoms with E-state index in [9.17, 15) is 0 Å². The Hall–Kier alpha value is -0.240. The normalized spacial score (nSPS) is 45.2. The molecule has 0 N–H and O–H groups in total. The van der Waals surface area contributed by atoms with Crippen molar-refractivity contribution in [2.75, 3.05) is 13.7 Å². The van der Waals surface area contributed by atoms with Crippen molar-refractivity contribution in [1.29, 1.82) is 0 Å². The fourth-order valence-corrected chi connectivity index (χ4v) is 5.34. The maximum atomic E-state index is 6.38. The van der Waals surface area contributed by atoms with E-state index in [4.69, 9.17) is 28.4 Å². The minimum absolute atomic E-state index is 0.108. The maximum Gasteiger partial charge on any atom is 0.190 e. The van der Waals surface area contributed by atoms with E-state index >= 15 is 0 Å². The van der Waals surface area contributed by atoms with Crippen molar-refractivity contribution in [1.82, 2.24) is 0 Å². The molecule has 2 spiro atoms. The lowest BCUT2D eigenvalue weighted by molar-refractivity contribution is -0.261. The Morgan fingerprint density at radius 2 is 1.44 bits per heavy atom. The minimum Gasteiger partial charge on any atom is -0.376 e. The van der Waals surface area contributed by atoms with Crippen molar-refractivity contribution in [2.45, 2.75) is 106 Å². The second kappa shape index (κ2) is 6.43. The standard InChI is InChI=1S/C19H30O6/c1-20-15-14(13-12-21-18(23-13)8-4-2-5-9-18)22-17-16(15)24-19(25-17)10-6-3-7-11-19/h13-17H,2-12H2,1H3/t13-,14-,15+,16+,17+/m0/s1. The molecule has 5 rings (SSSR count). The van der Waals surface area contributed by atoms with Crippen LogP contribution in [-0.4, -0.2) is 56.0 Å². The van der Waals surface area contributed by atoms with Gasteiger partial charge in [0.1, 0.15) is 24.4 Å². The summed E-state index contributed by atoms with van der Waals surface area (Å²) in [7, 11) is 1.73. The van der Waals surface area contributed by atoms with Gasteiger partial charge in [-0.25, -0.2) is 0 Å². The molecule has 5 fully saturated rings. The smallest absolute Gasteiger partial charge is 0.190 e. The summed E-state index contributed by atoms with van der Waals surface area (Å²) in [4.78, 5) is 0. The molecule has 0 aromatic rings. The summed E-state index contributed by atoms with van der Waals surface area (Å²) in [6.07, 6.45) is 10.1. The molecule has 5 aliphatic rings. The summed E-state index contributed by atoms with van der Waals surface area (Å²) in [5, 5.41) is 0. The SMILES string of the molecule is CO[C@@H]1[C@H]([C@@H]2COC3(CCCCC3)O2)O[C@@H]2OC3(CCCCC3)O[C@@H]21. The summed E-state index contributed by atoms with van der Waals surface area (Å²) in [5.41, 5.74) is 0. The summed E-state index contributed by atoms with van der Waals surface area (Å²) in [5.74, 6) is -0.846. The summed E-state index contributed by atoms with van der Waals surface area (Å²) >= 11 is 0. The zero-order valence-electron chi connectivity index (χ0n) is 15.1. The molecule has 3 heterocycles. The van der Waals surface area contributed by atoms with Crippen LogP contribution < -0.4 is 0 Å². The van der Waals surface area contributed by atoms with Gasteiger partial charge in [0.05, 0.1) is 6.61 Å². The maximum absolute atomic E-state index is 6.38. The first-order valence-electron chi connectivity index (χ1n) is 10.1. The molecule has 0 unspecified atom stereocenters. The zero-order valence-corrected chi connectivity index (χ0v) is 15.1. The molecule has 3 aliphatic heterocycles. The van der Waals surface area contributed by atoms with Gasteiger partial charge in [0, 0.05) is 32.8 Å². The highest BCUT2D eigenvalue weighted by atomic mass is 16.8. The van der Waals surface area contributed by atoms with Crippen LogP contribution in [0.1, 0.15) is 64.2 Å². The first kappa shape index (κ1) is 16.9. The van der Waals surface area contributed by atoms with Crippen LogP contribution in [0.25, 0.3) is 0 Å². The Balaban J connectivity index is 1.27. The monoisotopic (exact) mass is 354 g/mol. The van der Waals surface area contributed by atoms with E-state index in [2.05, 4.69) is 0 Å². The predicted octanol–water partition coefficient (Wildman–Crippen LogP) is 2.88. The topological polar surface area (TPSA) is 55.4 Å².